The maximum atomic E-state index is 2.42. The van der Waals surface area contributed by atoms with Crippen LogP contribution in [0.1, 0.15) is 66.7 Å². The first-order valence-corrected chi connectivity index (χ1v) is 6.15. The summed E-state index contributed by atoms with van der Waals surface area (Å²) in [6.45, 7) is 11.8. The zero-order valence-corrected chi connectivity index (χ0v) is 10.3. The Bertz CT molecular complexity index is 107. The molecular formula is C13H28. The van der Waals surface area contributed by atoms with Crippen LogP contribution in [0.15, 0.2) is 0 Å². The summed E-state index contributed by atoms with van der Waals surface area (Å²) in [5.74, 6) is 2.81. The van der Waals surface area contributed by atoms with Crippen molar-refractivity contribution in [3.05, 3.63) is 0 Å². The van der Waals surface area contributed by atoms with Crippen molar-refractivity contribution in [2.45, 2.75) is 66.7 Å². The summed E-state index contributed by atoms with van der Waals surface area (Å²) >= 11 is 0. The van der Waals surface area contributed by atoms with Crippen LogP contribution in [0.25, 0.3) is 0 Å². The highest BCUT2D eigenvalue weighted by atomic mass is 14.2. The van der Waals surface area contributed by atoms with Gasteiger partial charge in [0.1, 0.15) is 0 Å². The van der Waals surface area contributed by atoms with Gasteiger partial charge in [-0.05, 0) is 24.2 Å². The molecule has 0 heterocycles. The molecule has 0 heteroatoms. The zero-order valence-electron chi connectivity index (χ0n) is 10.3. The van der Waals surface area contributed by atoms with Gasteiger partial charge in [-0.2, -0.15) is 0 Å². The molecule has 0 saturated heterocycles. The molecule has 0 radical (unpaired) electrons. The summed E-state index contributed by atoms with van der Waals surface area (Å²) in [6, 6.07) is 0. The van der Waals surface area contributed by atoms with E-state index in [1.165, 1.54) is 32.1 Å². The molecule has 0 N–H and O–H groups in total. The quantitative estimate of drug-likeness (QED) is 0.528. The van der Waals surface area contributed by atoms with Gasteiger partial charge in [-0.25, -0.2) is 0 Å². The van der Waals surface area contributed by atoms with Crippen molar-refractivity contribution in [1.29, 1.82) is 0 Å². The minimum Gasteiger partial charge on any atom is -0.0654 e. The molecule has 0 amide bonds. The minimum absolute atomic E-state index is 0.908. The Balaban J connectivity index is 3.78. The molecule has 0 aliphatic carbocycles. The van der Waals surface area contributed by atoms with Crippen molar-refractivity contribution >= 4 is 0 Å². The van der Waals surface area contributed by atoms with Crippen LogP contribution >= 0.6 is 0 Å². The lowest BCUT2D eigenvalue weighted by Gasteiger charge is -2.23. The number of hydrogen-bond acceptors (Lipinski definition) is 0. The normalized spacial score (nSPS) is 18.2. The van der Waals surface area contributed by atoms with Gasteiger partial charge in [0, 0.05) is 0 Å². The summed E-state index contributed by atoms with van der Waals surface area (Å²) in [5, 5.41) is 0. The van der Waals surface area contributed by atoms with Crippen LogP contribution in [0.5, 0.6) is 0 Å². The van der Waals surface area contributed by atoms with E-state index in [0.717, 1.165) is 17.8 Å². The largest absolute Gasteiger partial charge is 0.0654 e. The van der Waals surface area contributed by atoms with E-state index in [-0.39, 0.29) is 0 Å². The second kappa shape index (κ2) is 7.41. The van der Waals surface area contributed by atoms with Gasteiger partial charge in [0.25, 0.3) is 0 Å². The van der Waals surface area contributed by atoms with Crippen LogP contribution in [0.2, 0.25) is 0 Å². The third-order valence-corrected chi connectivity index (χ3v) is 3.59. The highest BCUT2D eigenvalue weighted by Gasteiger charge is 2.15. The van der Waals surface area contributed by atoms with Crippen LogP contribution in [-0.4, -0.2) is 0 Å². The van der Waals surface area contributed by atoms with E-state index in [1.807, 2.05) is 0 Å². The molecular weight excluding hydrogens is 156 g/mol. The Morgan fingerprint density at radius 1 is 0.846 bits per heavy atom. The van der Waals surface area contributed by atoms with Gasteiger partial charge in [0.05, 0.1) is 0 Å². The molecule has 0 fully saturated rings. The van der Waals surface area contributed by atoms with Crippen LogP contribution in [0.4, 0.5) is 0 Å². The number of hydrogen-bond donors (Lipinski definition) is 0. The van der Waals surface area contributed by atoms with Crippen LogP contribution in [0, 0.1) is 17.8 Å². The minimum atomic E-state index is 0.908. The van der Waals surface area contributed by atoms with Crippen molar-refractivity contribution in [3.63, 3.8) is 0 Å². The van der Waals surface area contributed by atoms with Crippen molar-refractivity contribution in [3.8, 4) is 0 Å². The van der Waals surface area contributed by atoms with Gasteiger partial charge in [-0.3, -0.25) is 0 Å². The maximum Gasteiger partial charge on any atom is -0.0414 e. The lowest BCUT2D eigenvalue weighted by Crippen LogP contribution is -2.12. The van der Waals surface area contributed by atoms with Crippen molar-refractivity contribution in [1.82, 2.24) is 0 Å². The third-order valence-electron chi connectivity index (χ3n) is 3.59. The molecule has 0 aromatic carbocycles. The Morgan fingerprint density at radius 2 is 1.46 bits per heavy atom. The predicted octanol–water partition coefficient (Wildman–Crippen LogP) is 4.89. The summed E-state index contributed by atoms with van der Waals surface area (Å²) < 4.78 is 0. The first kappa shape index (κ1) is 13.0. The van der Waals surface area contributed by atoms with Crippen LogP contribution in [-0.2, 0) is 0 Å². The molecule has 80 valence electrons. The Labute approximate surface area is 85.1 Å². The second-order valence-electron chi connectivity index (χ2n) is 4.66. The summed E-state index contributed by atoms with van der Waals surface area (Å²) in [5.41, 5.74) is 0. The van der Waals surface area contributed by atoms with E-state index in [4.69, 9.17) is 0 Å². The van der Waals surface area contributed by atoms with E-state index in [9.17, 15) is 0 Å². The highest BCUT2D eigenvalue weighted by molar-refractivity contribution is 4.66. The lowest BCUT2D eigenvalue weighted by atomic mass is 9.83. The highest BCUT2D eigenvalue weighted by Crippen LogP contribution is 2.26. The first-order chi connectivity index (χ1) is 6.15. The Kier molecular flexibility index (Phi) is 7.41. The van der Waals surface area contributed by atoms with E-state index >= 15 is 0 Å². The van der Waals surface area contributed by atoms with Gasteiger partial charge in [0.15, 0.2) is 0 Å². The molecule has 0 aromatic heterocycles. The fourth-order valence-corrected chi connectivity index (χ4v) is 2.06. The molecule has 0 aromatic rings. The summed E-state index contributed by atoms with van der Waals surface area (Å²) in [4.78, 5) is 0. The van der Waals surface area contributed by atoms with Gasteiger partial charge in [0.2, 0.25) is 0 Å². The molecule has 0 spiro atoms. The second-order valence-corrected chi connectivity index (χ2v) is 4.66. The van der Waals surface area contributed by atoms with Gasteiger partial charge < -0.3 is 0 Å². The van der Waals surface area contributed by atoms with E-state index in [0.29, 0.717) is 0 Å². The first-order valence-electron chi connectivity index (χ1n) is 6.15. The summed E-state index contributed by atoms with van der Waals surface area (Å²) in [7, 11) is 0. The smallest absolute Gasteiger partial charge is 0.0414 e. The summed E-state index contributed by atoms with van der Waals surface area (Å²) in [6.07, 6.45) is 6.93. The molecule has 3 unspecified atom stereocenters. The SMILES string of the molecule is CCCC(CC)CC(C)C(C)CC. The Hall–Kier alpha value is 0. The van der Waals surface area contributed by atoms with Crippen molar-refractivity contribution in [2.75, 3.05) is 0 Å². The monoisotopic (exact) mass is 184 g/mol. The molecule has 0 nitrogen and oxygen atoms in total. The maximum absolute atomic E-state index is 2.42. The molecule has 0 aliphatic heterocycles. The van der Waals surface area contributed by atoms with Crippen LogP contribution in [0.3, 0.4) is 0 Å². The Morgan fingerprint density at radius 3 is 1.85 bits per heavy atom. The average Bonchev–Trinajstić information content (AvgIpc) is 2.15. The molecule has 13 heavy (non-hydrogen) atoms. The molecule has 3 atom stereocenters. The fourth-order valence-electron chi connectivity index (χ4n) is 2.06. The van der Waals surface area contributed by atoms with Crippen LogP contribution < -0.4 is 0 Å². The van der Waals surface area contributed by atoms with Crippen molar-refractivity contribution in [2.24, 2.45) is 17.8 Å². The topological polar surface area (TPSA) is 0 Å². The third kappa shape index (κ3) is 5.33. The van der Waals surface area contributed by atoms with E-state index in [1.54, 1.807) is 0 Å². The molecule has 0 saturated carbocycles. The lowest BCUT2D eigenvalue weighted by molar-refractivity contribution is 0.281. The van der Waals surface area contributed by atoms with Gasteiger partial charge in [-0.15, -0.1) is 0 Å². The molecule has 0 bridgehead atoms. The molecule has 0 aliphatic rings. The average molecular weight is 184 g/mol. The van der Waals surface area contributed by atoms with Gasteiger partial charge in [-0.1, -0.05) is 60.3 Å². The van der Waals surface area contributed by atoms with E-state index < -0.39 is 0 Å². The number of rotatable bonds is 7. The fraction of sp³-hybridized carbons (Fsp3) is 1.00. The molecule has 0 rings (SSSR count). The van der Waals surface area contributed by atoms with Crippen molar-refractivity contribution < 1.29 is 0 Å². The predicted molar refractivity (Wildman–Crippen MR) is 61.9 cm³/mol. The van der Waals surface area contributed by atoms with Gasteiger partial charge >= 0.3 is 0 Å². The zero-order chi connectivity index (χ0) is 10.3. The standard InChI is InChI=1S/C13H28/c1-6-9-13(8-3)10-12(5)11(4)7-2/h11-13H,6-10H2,1-5H3. The van der Waals surface area contributed by atoms with E-state index in [2.05, 4.69) is 34.6 Å².